The molecule has 1 N–H and O–H groups in total. The SMILES string of the molecule is C/C(=C\Cl)COc1ccc([N+](=O)[O-])cc1[C@H](C)O. The monoisotopic (exact) mass is 271 g/mol. The van der Waals surface area contributed by atoms with E-state index >= 15 is 0 Å². The zero-order chi connectivity index (χ0) is 13.7. The molecule has 0 radical (unpaired) electrons. The van der Waals surface area contributed by atoms with E-state index in [2.05, 4.69) is 0 Å². The van der Waals surface area contributed by atoms with Gasteiger partial charge in [-0.1, -0.05) is 11.6 Å². The van der Waals surface area contributed by atoms with Gasteiger partial charge in [0.15, 0.2) is 0 Å². The van der Waals surface area contributed by atoms with Crippen molar-refractivity contribution in [2.24, 2.45) is 0 Å². The normalized spacial score (nSPS) is 13.2. The van der Waals surface area contributed by atoms with Gasteiger partial charge in [0.2, 0.25) is 0 Å². The maximum absolute atomic E-state index is 10.7. The predicted octanol–water partition coefficient (Wildman–Crippen LogP) is 3.17. The van der Waals surface area contributed by atoms with Crippen LogP contribution in [0.25, 0.3) is 0 Å². The van der Waals surface area contributed by atoms with E-state index in [-0.39, 0.29) is 12.3 Å². The maximum Gasteiger partial charge on any atom is 0.270 e. The number of aliphatic hydroxyl groups excluding tert-OH is 1. The molecule has 1 aromatic rings. The number of ether oxygens (including phenoxy) is 1. The molecule has 6 heteroatoms. The topological polar surface area (TPSA) is 72.6 Å². The Kier molecular flexibility index (Phi) is 5.12. The van der Waals surface area contributed by atoms with Crippen LogP contribution in [0.1, 0.15) is 25.5 Å². The standard InChI is InChI=1S/C12H14ClNO4/c1-8(6-13)7-18-12-4-3-10(14(16)17)5-11(12)9(2)15/h3-6,9,15H,7H2,1-2H3/b8-6+/t9-/m0/s1. The van der Waals surface area contributed by atoms with Gasteiger partial charge >= 0.3 is 0 Å². The molecule has 0 spiro atoms. The van der Waals surface area contributed by atoms with Crippen LogP contribution in [0.15, 0.2) is 29.3 Å². The number of nitro benzene ring substituents is 1. The summed E-state index contributed by atoms with van der Waals surface area (Å²) < 4.78 is 5.45. The summed E-state index contributed by atoms with van der Waals surface area (Å²) in [5.74, 6) is 0.411. The van der Waals surface area contributed by atoms with Crippen LogP contribution in [0.3, 0.4) is 0 Å². The van der Waals surface area contributed by atoms with Crippen molar-refractivity contribution in [3.63, 3.8) is 0 Å². The number of nitro groups is 1. The summed E-state index contributed by atoms with van der Waals surface area (Å²) in [6.45, 7) is 3.58. The van der Waals surface area contributed by atoms with E-state index in [4.69, 9.17) is 16.3 Å². The molecule has 1 aromatic carbocycles. The van der Waals surface area contributed by atoms with Gasteiger partial charge in [0.05, 0.1) is 11.0 Å². The largest absolute Gasteiger partial charge is 0.489 e. The van der Waals surface area contributed by atoms with Crippen molar-refractivity contribution in [1.29, 1.82) is 0 Å². The summed E-state index contributed by atoms with van der Waals surface area (Å²) in [7, 11) is 0. The molecule has 0 saturated heterocycles. The van der Waals surface area contributed by atoms with Gasteiger partial charge in [0, 0.05) is 23.2 Å². The summed E-state index contributed by atoms with van der Waals surface area (Å²) >= 11 is 5.51. The molecule has 0 heterocycles. The van der Waals surface area contributed by atoms with Gasteiger partial charge in [-0.05, 0) is 25.5 Å². The second-order valence-electron chi connectivity index (χ2n) is 3.90. The highest BCUT2D eigenvalue weighted by molar-refractivity contribution is 6.25. The minimum Gasteiger partial charge on any atom is -0.489 e. The number of non-ortho nitro benzene ring substituents is 1. The zero-order valence-electron chi connectivity index (χ0n) is 10.1. The molecule has 0 aromatic heterocycles. The third-order valence-electron chi connectivity index (χ3n) is 2.30. The van der Waals surface area contributed by atoms with Crippen LogP contribution < -0.4 is 4.74 Å². The molecule has 0 fully saturated rings. The van der Waals surface area contributed by atoms with Crippen molar-refractivity contribution >= 4 is 17.3 Å². The van der Waals surface area contributed by atoms with Crippen LogP contribution >= 0.6 is 11.6 Å². The maximum atomic E-state index is 10.7. The molecule has 0 amide bonds. The van der Waals surface area contributed by atoms with Crippen molar-refractivity contribution in [3.05, 3.63) is 45.0 Å². The highest BCUT2D eigenvalue weighted by Gasteiger charge is 2.15. The molecular weight excluding hydrogens is 258 g/mol. The van der Waals surface area contributed by atoms with Gasteiger partial charge in [0.1, 0.15) is 12.4 Å². The molecule has 98 valence electrons. The van der Waals surface area contributed by atoms with E-state index < -0.39 is 11.0 Å². The first kappa shape index (κ1) is 14.5. The Bertz CT molecular complexity index is 471. The average molecular weight is 272 g/mol. The Balaban J connectivity index is 3.00. The van der Waals surface area contributed by atoms with Gasteiger partial charge in [0.25, 0.3) is 5.69 Å². The second-order valence-corrected chi connectivity index (χ2v) is 4.12. The Morgan fingerprint density at radius 2 is 2.33 bits per heavy atom. The van der Waals surface area contributed by atoms with Crippen molar-refractivity contribution < 1.29 is 14.8 Å². The van der Waals surface area contributed by atoms with E-state index in [1.54, 1.807) is 6.92 Å². The average Bonchev–Trinajstić information content (AvgIpc) is 2.35. The van der Waals surface area contributed by atoms with Gasteiger partial charge in [-0.25, -0.2) is 0 Å². The number of hydrogen-bond donors (Lipinski definition) is 1. The van der Waals surface area contributed by atoms with Crippen molar-refractivity contribution in [2.45, 2.75) is 20.0 Å². The molecule has 0 aliphatic carbocycles. The van der Waals surface area contributed by atoms with Crippen molar-refractivity contribution in [3.8, 4) is 5.75 Å². The summed E-state index contributed by atoms with van der Waals surface area (Å²) in [6, 6.07) is 4.11. The zero-order valence-corrected chi connectivity index (χ0v) is 10.8. The molecule has 1 atom stereocenters. The Morgan fingerprint density at radius 1 is 1.67 bits per heavy atom. The molecular formula is C12H14ClNO4. The van der Waals surface area contributed by atoms with Gasteiger partial charge in [-0.3, -0.25) is 10.1 Å². The lowest BCUT2D eigenvalue weighted by Gasteiger charge is -2.13. The first-order valence-electron chi connectivity index (χ1n) is 5.30. The van der Waals surface area contributed by atoms with E-state index in [1.807, 2.05) is 0 Å². The fourth-order valence-corrected chi connectivity index (χ4v) is 1.39. The van der Waals surface area contributed by atoms with Crippen LogP contribution in [0, 0.1) is 10.1 Å². The molecule has 0 bridgehead atoms. The van der Waals surface area contributed by atoms with Crippen LogP contribution in [-0.2, 0) is 0 Å². The molecule has 5 nitrogen and oxygen atoms in total. The molecule has 1 rings (SSSR count). The van der Waals surface area contributed by atoms with Crippen molar-refractivity contribution in [2.75, 3.05) is 6.61 Å². The number of benzene rings is 1. The van der Waals surface area contributed by atoms with Crippen molar-refractivity contribution in [1.82, 2.24) is 0 Å². The predicted molar refractivity (Wildman–Crippen MR) is 68.8 cm³/mol. The third-order valence-corrected chi connectivity index (χ3v) is 2.67. The summed E-state index contributed by atoms with van der Waals surface area (Å²) in [5, 5.41) is 20.2. The van der Waals surface area contributed by atoms with Gasteiger partial charge < -0.3 is 9.84 Å². The number of halogens is 1. The number of aliphatic hydroxyl groups is 1. The lowest BCUT2D eigenvalue weighted by molar-refractivity contribution is -0.385. The Labute approximate surface area is 110 Å². The van der Waals surface area contributed by atoms with E-state index in [1.165, 1.54) is 30.7 Å². The first-order valence-corrected chi connectivity index (χ1v) is 5.74. The van der Waals surface area contributed by atoms with Crippen LogP contribution in [0.4, 0.5) is 5.69 Å². The fourth-order valence-electron chi connectivity index (χ4n) is 1.33. The fraction of sp³-hybridized carbons (Fsp3) is 0.333. The molecule has 0 saturated carbocycles. The summed E-state index contributed by atoms with van der Waals surface area (Å²) in [4.78, 5) is 10.1. The number of hydrogen-bond acceptors (Lipinski definition) is 4. The minimum atomic E-state index is -0.847. The quantitative estimate of drug-likeness (QED) is 0.659. The van der Waals surface area contributed by atoms with E-state index in [9.17, 15) is 15.2 Å². The van der Waals surface area contributed by atoms with Gasteiger partial charge in [-0.2, -0.15) is 0 Å². The van der Waals surface area contributed by atoms with Gasteiger partial charge in [-0.15, -0.1) is 0 Å². The lowest BCUT2D eigenvalue weighted by Crippen LogP contribution is -2.04. The smallest absolute Gasteiger partial charge is 0.270 e. The second kappa shape index (κ2) is 6.37. The molecule has 0 aliphatic rings. The van der Waals surface area contributed by atoms with E-state index in [0.717, 1.165) is 5.57 Å². The van der Waals surface area contributed by atoms with Crippen LogP contribution in [-0.4, -0.2) is 16.6 Å². The lowest BCUT2D eigenvalue weighted by atomic mass is 10.1. The minimum absolute atomic E-state index is 0.0807. The third kappa shape index (κ3) is 3.72. The van der Waals surface area contributed by atoms with Crippen LogP contribution in [0.5, 0.6) is 5.75 Å². The van der Waals surface area contributed by atoms with E-state index in [0.29, 0.717) is 11.3 Å². The highest BCUT2D eigenvalue weighted by atomic mass is 35.5. The highest BCUT2D eigenvalue weighted by Crippen LogP contribution is 2.29. The number of nitrogens with zero attached hydrogens (tertiary/aromatic N) is 1. The van der Waals surface area contributed by atoms with Crippen LogP contribution in [0.2, 0.25) is 0 Å². The Morgan fingerprint density at radius 3 is 2.83 bits per heavy atom. The molecule has 18 heavy (non-hydrogen) atoms. The first-order chi connectivity index (χ1) is 8.45. The summed E-state index contributed by atoms with van der Waals surface area (Å²) in [5.41, 5.74) is 2.51. The summed E-state index contributed by atoms with van der Waals surface area (Å²) in [6.07, 6.45) is -0.847. The molecule has 0 aliphatic heterocycles. The number of rotatable bonds is 5. The Hall–Kier alpha value is -1.59. The molecule has 0 unspecified atom stereocenters.